The molecule has 3 N–H and O–H groups in total. The number of hydrogen-bond donors (Lipinski definition) is 2. The third kappa shape index (κ3) is 2.91. The molecule has 0 radical (unpaired) electrons. The van der Waals surface area contributed by atoms with Crippen LogP contribution in [-0.2, 0) is 0 Å². The molecule has 0 saturated heterocycles. The van der Waals surface area contributed by atoms with Crippen molar-refractivity contribution in [2.45, 2.75) is 26.2 Å². The van der Waals surface area contributed by atoms with Gasteiger partial charge in [0.05, 0.1) is 6.61 Å². The first-order valence-electron chi connectivity index (χ1n) is 5.90. The van der Waals surface area contributed by atoms with Crippen molar-refractivity contribution in [3.8, 4) is 5.75 Å². The van der Waals surface area contributed by atoms with Gasteiger partial charge < -0.3 is 15.7 Å². The number of amidine groups is 1. The zero-order valence-electron chi connectivity index (χ0n) is 10.3. The Balaban J connectivity index is 1.93. The van der Waals surface area contributed by atoms with E-state index in [2.05, 4.69) is 5.16 Å². The molecule has 0 spiro atoms. The number of benzene rings is 1. The Bertz CT molecular complexity index is 470. The van der Waals surface area contributed by atoms with Crippen LogP contribution in [0.5, 0.6) is 5.75 Å². The number of halogens is 1. The summed E-state index contributed by atoms with van der Waals surface area (Å²) < 4.78 is 18.9. The van der Waals surface area contributed by atoms with E-state index >= 15 is 0 Å². The monoisotopic (exact) mass is 252 g/mol. The molecule has 2 rings (SSSR count). The molecular weight excluding hydrogens is 235 g/mol. The highest BCUT2D eigenvalue weighted by Gasteiger charge is 2.44. The fraction of sp³-hybridized carbons (Fsp3) is 0.462. The second-order valence-electron chi connectivity index (χ2n) is 4.97. The van der Waals surface area contributed by atoms with Gasteiger partial charge in [-0.2, -0.15) is 0 Å². The molecule has 4 nitrogen and oxygen atoms in total. The molecule has 1 aliphatic carbocycles. The van der Waals surface area contributed by atoms with Crippen molar-refractivity contribution in [2.75, 3.05) is 6.61 Å². The van der Waals surface area contributed by atoms with Gasteiger partial charge in [0.1, 0.15) is 17.4 Å². The SMILES string of the molecule is Cc1ccc(OCC2(C/C(N)=N/O)CC2)cc1F. The fourth-order valence-electron chi connectivity index (χ4n) is 1.87. The van der Waals surface area contributed by atoms with Gasteiger partial charge in [0.2, 0.25) is 0 Å². The number of nitrogens with two attached hydrogens (primary N) is 1. The Morgan fingerprint density at radius 3 is 2.83 bits per heavy atom. The second-order valence-corrected chi connectivity index (χ2v) is 4.97. The molecule has 0 amide bonds. The highest BCUT2D eigenvalue weighted by Crippen LogP contribution is 2.49. The van der Waals surface area contributed by atoms with E-state index in [0.29, 0.717) is 24.3 Å². The normalized spacial score (nSPS) is 17.6. The Morgan fingerprint density at radius 2 is 2.28 bits per heavy atom. The Morgan fingerprint density at radius 1 is 1.56 bits per heavy atom. The molecule has 18 heavy (non-hydrogen) atoms. The smallest absolute Gasteiger partial charge is 0.139 e. The topological polar surface area (TPSA) is 67.8 Å². The van der Waals surface area contributed by atoms with Crippen LogP contribution >= 0.6 is 0 Å². The van der Waals surface area contributed by atoms with Crippen LogP contribution in [0.1, 0.15) is 24.8 Å². The van der Waals surface area contributed by atoms with Crippen molar-refractivity contribution < 1.29 is 14.3 Å². The molecule has 0 aliphatic heterocycles. The first-order valence-corrected chi connectivity index (χ1v) is 5.90. The number of oxime groups is 1. The lowest BCUT2D eigenvalue weighted by Gasteiger charge is -2.15. The van der Waals surface area contributed by atoms with Crippen LogP contribution in [-0.4, -0.2) is 17.6 Å². The van der Waals surface area contributed by atoms with Gasteiger partial charge in [0, 0.05) is 17.9 Å². The van der Waals surface area contributed by atoms with E-state index in [-0.39, 0.29) is 17.1 Å². The minimum Gasteiger partial charge on any atom is -0.493 e. The molecule has 1 aromatic carbocycles. The van der Waals surface area contributed by atoms with Crippen LogP contribution < -0.4 is 10.5 Å². The van der Waals surface area contributed by atoms with Gasteiger partial charge in [-0.3, -0.25) is 0 Å². The average molecular weight is 252 g/mol. The maximum Gasteiger partial charge on any atom is 0.139 e. The summed E-state index contributed by atoms with van der Waals surface area (Å²) in [5.41, 5.74) is 6.05. The molecule has 98 valence electrons. The van der Waals surface area contributed by atoms with Gasteiger partial charge >= 0.3 is 0 Å². The fourth-order valence-corrected chi connectivity index (χ4v) is 1.87. The van der Waals surface area contributed by atoms with Gasteiger partial charge in [0.15, 0.2) is 0 Å². The first-order chi connectivity index (χ1) is 8.54. The van der Waals surface area contributed by atoms with Crippen LogP contribution in [0.15, 0.2) is 23.4 Å². The van der Waals surface area contributed by atoms with Gasteiger partial charge in [-0.15, -0.1) is 0 Å². The standard InChI is InChI=1S/C13H17FN2O2/c1-9-2-3-10(6-11(9)14)18-8-13(4-5-13)7-12(15)16-17/h2-3,6,17H,4-5,7-8H2,1H3,(H2,15,16). The lowest BCUT2D eigenvalue weighted by Crippen LogP contribution is -2.22. The molecule has 0 unspecified atom stereocenters. The summed E-state index contributed by atoms with van der Waals surface area (Å²) in [7, 11) is 0. The van der Waals surface area contributed by atoms with Crippen molar-refractivity contribution in [1.29, 1.82) is 0 Å². The molecule has 0 bridgehead atoms. The average Bonchev–Trinajstić information content (AvgIpc) is 3.11. The maximum atomic E-state index is 13.3. The summed E-state index contributed by atoms with van der Waals surface area (Å²) in [5.74, 6) is 0.462. The molecule has 0 aromatic heterocycles. The minimum absolute atomic E-state index is 0.0440. The molecule has 0 atom stereocenters. The predicted octanol–water partition coefficient (Wildman–Crippen LogP) is 2.43. The lowest BCUT2D eigenvalue weighted by molar-refractivity contribution is 0.235. The Labute approximate surface area is 105 Å². The first kappa shape index (κ1) is 12.7. The van der Waals surface area contributed by atoms with Crippen LogP contribution in [0.25, 0.3) is 0 Å². The van der Waals surface area contributed by atoms with E-state index in [1.54, 1.807) is 19.1 Å². The highest BCUT2D eigenvalue weighted by molar-refractivity contribution is 5.80. The number of nitrogens with zero attached hydrogens (tertiary/aromatic N) is 1. The van der Waals surface area contributed by atoms with Crippen molar-refractivity contribution in [3.63, 3.8) is 0 Å². The van der Waals surface area contributed by atoms with E-state index in [0.717, 1.165) is 12.8 Å². The molecule has 5 heteroatoms. The predicted molar refractivity (Wildman–Crippen MR) is 66.3 cm³/mol. The minimum atomic E-state index is -0.270. The second kappa shape index (κ2) is 4.84. The summed E-state index contributed by atoms with van der Waals surface area (Å²) in [6, 6.07) is 4.82. The molecule has 1 saturated carbocycles. The molecule has 0 heterocycles. The van der Waals surface area contributed by atoms with Crippen molar-refractivity contribution >= 4 is 5.84 Å². The Hall–Kier alpha value is -1.78. The van der Waals surface area contributed by atoms with E-state index in [1.165, 1.54) is 6.07 Å². The van der Waals surface area contributed by atoms with Crippen molar-refractivity contribution in [3.05, 3.63) is 29.6 Å². The molecule has 1 fully saturated rings. The quantitative estimate of drug-likeness (QED) is 0.366. The third-order valence-electron chi connectivity index (χ3n) is 3.33. The summed E-state index contributed by atoms with van der Waals surface area (Å²) in [5, 5.41) is 11.5. The zero-order valence-corrected chi connectivity index (χ0v) is 10.3. The highest BCUT2D eigenvalue weighted by atomic mass is 19.1. The van der Waals surface area contributed by atoms with Crippen LogP contribution in [0.2, 0.25) is 0 Å². The molecule has 1 aromatic rings. The largest absolute Gasteiger partial charge is 0.493 e. The van der Waals surface area contributed by atoms with Crippen molar-refractivity contribution in [2.24, 2.45) is 16.3 Å². The summed E-state index contributed by atoms with van der Waals surface area (Å²) in [6.45, 7) is 2.17. The maximum absolute atomic E-state index is 13.3. The molecular formula is C13H17FN2O2. The van der Waals surface area contributed by atoms with E-state index in [4.69, 9.17) is 15.7 Å². The molecule has 1 aliphatic rings. The summed E-state index contributed by atoms with van der Waals surface area (Å²) in [6.07, 6.45) is 2.48. The number of ether oxygens (including phenoxy) is 1. The lowest BCUT2D eigenvalue weighted by atomic mass is 10.0. The van der Waals surface area contributed by atoms with Gasteiger partial charge in [-0.25, -0.2) is 4.39 Å². The van der Waals surface area contributed by atoms with Gasteiger partial charge in [-0.05, 0) is 31.4 Å². The van der Waals surface area contributed by atoms with E-state index < -0.39 is 0 Å². The van der Waals surface area contributed by atoms with Gasteiger partial charge in [0.25, 0.3) is 0 Å². The van der Waals surface area contributed by atoms with E-state index in [9.17, 15) is 4.39 Å². The van der Waals surface area contributed by atoms with Gasteiger partial charge in [-0.1, -0.05) is 11.2 Å². The third-order valence-corrected chi connectivity index (χ3v) is 3.33. The van der Waals surface area contributed by atoms with Crippen LogP contribution in [0.3, 0.4) is 0 Å². The van der Waals surface area contributed by atoms with Crippen molar-refractivity contribution in [1.82, 2.24) is 0 Å². The number of rotatable bonds is 5. The summed E-state index contributed by atoms with van der Waals surface area (Å²) in [4.78, 5) is 0. The van der Waals surface area contributed by atoms with E-state index in [1.807, 2.05) is 0 Å². The van der Waals surface area contributed by atoms with Crippen LogP contribution in [0.4, 0.5) is 4.39 Å². The number of hydrogen-bond acceptors (Lipinski definition) is 3. The zero-order chi connectivity index (χ0) is 13.2. The number of aryl methyl sites for hydroxylation is 1. The summed E-state index contributed by atoms with van der Waals surface area (Å²) >= 11 is 0. The van der Waals surface area contributed by atoms with Crippen LogP contribution in [0, 0.1) is 18.2 Å². The Kier molecular flexibility index (Phi) is 3.41.